The summed E-state index contributed by atoms with van der Waals surface area (Å²) in [6.07, 6.45) is 2.75. The molecule has 4 heterocycles. The fourth-order valence-electron chi connectivity index (χ4n) is 3.45. The standard InChI is InChI=1S/C23H23FN6O2/c1-14-19(16(3)29(4)28-14)7-5-17-11-21-22(26-12-17)32-10-9-30(21)23(31)27-15(2)20-8-6-18(24)13-25-20/h6,8,11-13,15H,9-10H2,1-4H3,(H,27,31)/t15-/m0/s1. The van der Waals surface area contributed by atoms with Gasteiger partial charge in [0.1, 0.15) is 18.1 Å². The molecule has 4 rings (SSSR count). The number of hydrogen-bond donors (Lipinski definition) is 1. The van der Waals surface area contributed by atoms with E-state index in [4.69, 9.17) is 4.74 Å². The molecule has 1 atom stereocenters. The summed E-state index contributed by atoms with van der Waals surface area (Å²) in [7, 11) is 1.88. The molecule has 2 amide bonds. The molecule has 9 heteroatoms. The van der Waals surface area contributed by atoms with Crippen LogP contribution in [0.2, 0.25) is 0 Å². The predicted molar refractivity (Wildman–Crippen MR) is 117 cm³/mol. The third-order valence-corrected chi connectivity index (χ3v) is 5.30. The zero-order chi connectivity index (χ0) is 22.8. The number of nitrogens with one attached hydrogen (secondary N) is 1. The number of rotatable bonds is 2. The maximum Gasteiger partial charge on any atom is 0.322 e. The number of carbonyl (C=O) groups is 1. The van der Waals surface area contributed by atoms with Crippen LogP contribution in [0.25, 0.3) is 0 Å². The van der Waals surface area contributed by atoms with Crippen molar-refractivity contribution in [2.45, 2.75) is 26.8 Å². The number of nitrogens with zero attached hydrogens (tertiary/aromatic N) is 5. The van der Waals surface area contributed by atoms with E-state index in [1.807, 2.05) is 20.9 Å². The number of fused-ring (bicyclic) bond motifs is 1. The largest absolute Gasteiger partial charge is 0.474 e. The summed E-state index contributed by atoms with van der Waals surface area (Å²) in [5.74, 6) is 6.22. The Labute approximate surface area is 185 Å². The van der Waals surface area contributed by atoms with Crippen LogP contribution in [0, 0.1) is 31.5 Å². The number of urea groups is 1. The molecule has 1 aliphatic heterocycles. The number of amides is 2. The molecule has 0 aliphatic carbocycles. The minimum absolute atomic E-state index is 0.320. The van der Waals surface area contributed by atoms with Gasteiger partial charge in [-0.25, -0.2) is 14.2 Å². The number of hydrogen-bond acceptors (Lipinski definition) is 5. The molecule has 0 spiro atoms. The molecule has 32 heavy (non-hydrogen) atoms. The summed E-state index contributed by atoms with van der Waals surface area (Å²) in [4.78, 5) is 22.9. The molecule has 0 aromatic carbocycles. The first-order chi connectivity index (χ1) is 15.3. The fraction of sp³-hybridized carbons (Fsp3) is 0.304. The topological polar surface area (TPSA) is 85.2 Å². The van der Waals surface area contributed by atoms with Gasteiger partial charge in [-0.1, -0.05) is 11.8 Å². The molecular formula is C23H23FN6O2. The van der Waals surface area contributed by atoms with E-state index >= 15 is 0 Å². The lowest BCUT2D eigenvalue weighted by molar-refractivity contribution is 0.235. The van der Waals surface area contributed by atoms with E-state index in [9.17, 15) is 9.18 Å². The van der Waals surface area contributed by atoms with Crippen molar-refractivity contribution in [1.29, 1.82) is 0 Å². The van der Waals surface area contributed by atoms with Gasteiger partial charge in [0.05, 0.1) is 41.4 Å². The first kappa shape index (κ1) is 21.3. The maximum absolute atomic E-state index is 13.1. The Morgan fingerprint density at radius 1 is 1.25 bits per heavy atom. The molecule has 0 radical (unpaired) electrons. The van der Waals surface area contributed by atoms with E-state index in [1.165, 1.54) is 6.07 Å². The van der Waals surface area contributed by atoms with Gasteiger partial charge in [-0.05, 0) is 39.0 Å². The normalized spacial score (nSPS) is 13.5. The highest BCUT2D eigenvalue weighted by Gasteiger charge is 2.26. The lowest BCUT2D eigenvalue weighted by Gasteiger charge is -2.29. The highest BCUT2D eigenvalue weighted by molar-refractivity contribution is 5.94. The van der Waals surface area contributed by atoms with E-state index in [1.54, 1.807) is 34.8 Å². The van der Waals surface area contributed by atoms with Gasteiger partial charge in [-0.2, -0.15) is 5.10 Å². The van der Waals surface area contributed by atoms with Crippen molar-refractivity contribution in [3.63, 3.8) is 0 Å². The summed E-state index contributed by atoms with van der Waals surface area (Å²) in [5.41, 5.74) is 4.47. The molecule has 3 aromatic heterocycles. The summed E-state index contributed by atoms with van der Waals surface area (Å²) in [5, 5.41) is 7.27. The zero-order valence-corrected chi connectivity index (χ0v) is 18.3. The van der Waals surface area contributed by atoms with Gasteiger partial charge in [0.2, 0.25) is 5.88 Å². The van der Waals surface area contributed by atoms with Crippen molar-refractivity contribution >= 4 is 11.7 Å². The van der Waals surface area contributed by atoms with Crippen LogP contribution in [0.15, 0.2) is 30.6 Å². The summed E-state index contributed by atoms with van der Waals surface area (Å²) >= 11 is 0. The van der Waals surface area contributed by atoms with Crippen LogP contribution >= 0.6 is 0 Å². The molecule has 0 unspecified atom stereocenters. The molecular weight excluding hydrogens is 411 g/mol. The lowest BCUT2D eigenvalue weighted by atomic mass is 10.1. The molecule has 1 N–H and O–H groups in total. The highest BCUT2D eigenvalue weighted by atomic mass is 19.1. The number of aromatic nitrogens is 4. The van der Waals surface area contributed by atoms with Gasteiger partial charge in [-0.3, -0.25) is 14.6 Å². The first-order valence-corrected chi connectivity index (χ1v) is 10.2. The second-order valence-corrected chi connectivity index (χ2v) is 7.54. The average molecular weight is 434 g/mol. The fourth-order valence-corrected chi connectivity index (χ4v) is 3.45. The third kappa shape index (κ3) is 4.25. The molecule has 0 saturated carbocycles. The maximum atomic E-state index is 13.1. The highest BCUT2D eigenvalue weighted by Crippen LogP contribution is 2.30. The quantitative estimate of drug-likeness (QED) is 0.627. The predicted octanol–water partition coefficient (Wildman–Crippen LogP) is 3.04. The lowest BCUT2D eigenvalue weighted by Crippen LogP contribution is -2.45. The minimum atomic E-state index is -0.425. The van der Waals surface area contributed by atoms with Crippen LogP contribution in [0.1, 0.15) is 41.2 Å². The van der Waals surface area contributed by atoms with Crippen molar-refractivity contribution in [2.24, 2.45) is 7.05 Å². The number of halogens is 1. The Hall–Kier alpha value is -3.93. The summed E-state index contributed by atoms with van der Waals surface area (Å²) < 4.78 is 20.5. The van der Waals surface area contributed by atoms with E-state index in [2.05, 4.69) is 32.2 Å². The van der Waals surface area contributed by atoms with Gasteiger partial charge >= 0.3 is 6.03 Å². The second kappa shape index (κ2) is 8.67. The SMILES string of the molecule is Cc1nn(C)c(C)c1C#Cc1cnc2c(c1)N(C(=O)N[C@@H](C)c1ccc(F)cn1)CCO2. The van der Waals surface area contributed by atoms with Gasteiger partial charge in [0.25, 0.3) is 0 Å². The summed E-state index contributed by atoms with van der Waals surface area (Å²) in [6.45, 7) is 6.36. The summed E-state index contributed by atoms with van der Waals surface area (Å²) in [6, 6.07) is 3.93. The van der Waals surface area contributed by atoms with Gasteiger partial charge < -0.3 is 10.1 Å². The number of pyridine rings is 2. The van der Waals surface area contributed by atoms with Crippen LogP contribution in [0.5, 0.6) is 5.88 Å². The van der Waals surface area contributed by atoms with Crippen LogP contribution in [0.4, 0.5) is 14.9 Å². The van der Waals surface area contributed by atoms with Gasteiger partial charge in [-0.15, -0.1) is 0 Å². The average Bonchev–Trinajstić information content (AvgIpc) is 3.02. The van der Waals surface area contributed by atoms with Crippen molar-refractivity contribution < 1.29 is 13.9 Å². The van der Waals surface area contributed by atoms with Crippen molar-refractivity contribution in [3.05, 3.63) is 64.6 Å². The number of carbonyl (C=O) groups excluding carboxylic acids is 1. The Morgan fingerprint density at radius 2 is 2.06 bits per heavy atom. The number of ether oxygens (including phenoxy) is 1. The van der Waals surface area contributed by atoms with Gasteiger partial charge in [0.15, 0.2) is 0 Å². The van der Waals surface area contributed by atoms with Gasteiger partial charge in [0, 0.05) is 18.8 Å². The second-order valence-electron chi connectivity index (χ2n) is 7.54. The Kier molecular flexibility index (Phi) is 5.77. The molecule has 0 saturated heterocycles. The Bertz CT molecular complexity index is 1230. The Morgan fingerprint density at radius 3 is 2.75 bits per heavy atom. The third-order valence-electron chi connectivity index (χ3n) is 5.30. The molecule has 8 nitrogen and oxygen atoms in total. The van der Waals surface area contributed by atoms with Crippen molar-refractivity contribution in [3.8, 4) is 17.7 Å². The Balaban J connectivity index is 1.57. The minimum Gasteiger partial charge on any atom is -0.474 e. The molecule has 164 valence electrons. The molecule has 1 aliphatic rings. The van der Waals surface area contributed by atoms with E-state index in [0.717, 1.165) is 23.1 Å². The molecule has 0 bridgehead atoms. The van der Waals surface area contributed by atoms with Crippen molar-refractivity contribution in [2.75, 3.05) is 18.1 Å². The zero-order valence-electron chi connectivity index (χ0n) is 18.3. The smallest absolute Gasteiger partial charge is 0.322 e. The monoisotopic (exact) mass is 434 g/mol. The first-order valence-electron chi connectivity index (χ1n) is 10.2. The molecule has 3 aromatic rings. The van der Waals surface area contributed by atoms with Crippen LogP contribution in [0.3, 0.4) is 0 Å². The van der Waals surface area contributed by atoms with E-state index < -0.39 is 11.9 Å². The van der Waals surface area contributed by atoms with Crippen LogP contribution in [-0.4, -0.2) is 38.9 Å². The number of anilines is 1. The van der Waals surface area contributed by atoms with Crippen molar-refractivity contribution in [1.82, 2.24) is 25.1 Å². The molecule has 0 fully saturated rings. The van der Waals surface area contributed by atoms with E-state index in [-0.39, 0.29) is 6.03 Å². The van der Waals surface area contributed by atoms with Crippen LogP contribution in [-0.2, 0) is 7.05 Å². The number of aryl methyl sites for hydroxylation is 2. The van der Waals surface area contributed by atoms with E-state index in [0.29, 0.717) is 36.0 Å². The van der Waals surface area contributed by atoms with Crippen LogP contribution < -0.4 is 15.0 Å².